The fraction of sp³-hybridized carbons (Fsp3) is 0.737. The molecule has 1 aliphatic carbocycles. The van der Waals surface area contributed by atoms with Crippen molar-refractivity contribution in [3.05, 3.63) is 29.6 Å². The highest BCUT2D eigenvalue weighted by molar-refractivity contribution is 5.22. The van der Waals surface area contributed by atoms with Gasteiger partial charge in [0.25, 0.3) is 0 Å². The van der Waals surface area contributed by atoms with Crippen molar-refractivity contribution in [2.24, 2.45) is 11.8 Å². The summed E-state index contributed by atoms with van der Waals surface area (Å²) in [5.41, 5.74) is 2.77. The Morgan fingerprint density at radius 1 is 1.19 bits per heavy atom. The molecule has 1 aliphatic rings. The van der Waals surface area contributed by atoms with Crippen molar-refractivity contribution in [2.45, 2.75) is 65.2 Å². The van der Waals surface area contributed by atoms with Crippen molar-refractivity contribution >= 4 is 0 Å². The van der Waals surface area contributed by atoms with Gasteiger partial charge in [0.05, 0.1) is 0 Å². The minimum absolute atomic E-state index is 0.701. The van der Waals surface area contributed by atoms with Crippen LogP contribution in [0.2, 0.25) is 0 Å². The second-order valence-electron chi connectivity index (χ2n) is 6.83. The van der Waals surface area contributed by atoms with Crippen LogP contribution in [-0.4, -0.2) is 18.1 Å². The monoisotopic (exact) mass is 288 g/mol. The van der Waals surface area contributed by atoms with E-state index in [0.29, 0.717) is 5.92 Å². The number of hydrogen-bond donors (Lipinski definition) is 1. The molecule has 118 valence electrons. The molecule has 2 rings (SSSR count). The first kappa shape index (κ1) is 16.5. The highest BCUT2D eigenvalue weighted by Gasteiger charge is 2.31. The first-order valence-corrected chi connectivity index (χ1v) is 8.86. The van der Waals surface area contributed by atoms with Crippen molar-refractivity contribution in [3.63, 3.8) is 0 Å². The molecule has 3 unspecified atom stereocenters. The topological polar surface area (TPSA) is 24.9 Å². The minimum Gasteiger partial charge on any atom is -0.316 e. The predicted octanol–water partition coefficient (Wildman–Crippen LogP) is 4.69. The molecule has 0 radical (unpaired) electrons. The fourth-order valence-corrected chi connectivity index (χ4v) is 3.89. The number of nitrogens with one attached hydrogen (secondary N) is 1. The number of hydrogen-bond acceptors (Lipinski definition) is 2. The lowest BCUT2D eigenvalue weighted by Crippen LogP contribution is -2.32. The van der Waals surface area contributed by atoms with Crippen molar-refractivity contribution in [2.75, 3.05) is 13.1 Å². The van der Waals surface area contributed by atoms with Crippen LogP contribution in [0.3, 0.4) is 0 Å². The van der Waals surface area contributed by atoms with Crippen molar-refractivity contribution in [1.82, 2.24) is 10.3 Å². The van der Waals surface area contributed by atoms with Gasteiger partial charge in [-0.2, -0.15) is 0 Å². The zero-order valence-corrected chi connectivity index (χ0v) is 14.1. The van der Waals surface area contributed by atoms with Crippen LogP contribution in [0.1, 0.15) is 69.4 Å². The highest BCUT2D eigenvalue weighted by Crippen LogP contribution is 2.41. The van der Waals surface area contributed by atoms with Crippen molar-refractivity contribution in [3.8, 4) is 0 Å². The predicted molar refractivity (Wildman–Crippen MR) is 90.6 cm³/mol. The average Bonchev–Trinajstić information content (AvgIpc) is 2.49. The Kier molecular flexibility index (Phi) is 6.69. The lowest BCUT2D eigenvalue weighted by Gasteiger charge is -2.37. The van der Waals surface area contributed by atoms with Crippen LogP contribution in [-0.2, 0) is 0 Å². The van der Waals surface area contributed by atoms with E-state index in [-0.39, 0.29) is 0 Å². The van der Waals surface area contributed by atoms with Gasteiger partial charge in [0, 0.05) is 12.4 Å². The molecule has 0 saturated heterocycles. The maximum atomic E-state index is 4.44. The van der Waals surface area contributed by atoms with E-state index >= 15 is 0 Å². The van der Waals surface area contributed by atoms with E-state index in [2.05, 4.69) is 43.3 Å². The lowest BCUT2D eigenvalue weighted by molar-refractivity contribution is 0.220. The average molecular weight is 288 g/mol. The van der Waals surface area contributed by atoms with Gasteiger partial charge in [-0.1, -0.05) is 39.2 Å². The Hall–Kier alpha value is -0.890. The summed E-state index contributed by atoms with van der Waals surface area (Å²) in [6.45, 7) is 9.04. The number of aromatic nitrogens is 1. The van der Waals surface area contributed by atoms with Gasteiger partial charge in [0.1, 0.15) is 0 Å². The molecule has 1 heterocycles. The van der Waals surface area contributed by atoms with Gasteiger partial charge < -0.3 is 5.32 Å². The quantitative estimate of drug-likeness (QED) is 0.736. The van der Waals surface area contributed by atoms with Gasteiger partial charge in [-0.3, -0.25) is 4.98 Å². The van der Waals surface area contributed by atoms with Gasteiger partial charge in [-0.15, -0.1) is 0 Å². The molecule has 2 nitrogen and oxygen atoms in total. The number of rotatable bonds is 7. The molecular formula is C19H32N2. The Balaban J connectivity index is 2.08. The molecule has 0 aliphatic heterocycles. The zero-order chi connectivity index (χ0) is 15.1. The second-order valence-corrected chi connectivity index (χ2v) is 6.83. The Labute approximate surface area is 130 Å². The second kappa shape index (κ2) is 8.53. The normalized spacial score (nSPS) is 26.0. The van der Waals surface area contributed by atoms with Crippen LogP contribution in [0.5, 0.6) is 0 Å². The fourth-order valence-electron chi connectivity index (χ4n) is 3.89. The molecule has 0 bridgehead atoms. The minimum atomic E-state index is 0.701. The largest absolute Gasteiger partial charge is 0.316 e. The summed E-state index contributed by atoms with van der Waals surface area (Å²) in [6.07, 6.45) is 12.2. The SMILES string of the molecule is CCCNCC1CCC(CCC)CC1c1cncc(C)c1. The third kappa shape index (κ3) is 4.81. The molecule has 1 N–H and O–H groups in total. The summed E-state index contributed by atoms with van der Waals surface area (Å²) in [4.78, 5) is 4.44. The summed E-state index contributed by atoms with van der Waals surface area (Å²) >= 11 is 0. The van der Waals surface area contributed by atoms with Gasteiger partial charge in [-0.05, 0) is 68.2 Å². The Bertz CT molecular complexity index is 416. The summed E-state index contributed by atoms with van der Waals surface area (Å²) in [5.74, 6) is 2.41. The third-order valence-corrected chi connectivity index (χ3v) is 4.96. The van der Waals surface area contributed by atoms with Crippen LogP contribution >= 0.6 is 0 Å². The lowest BCUT2D eigenvalue weighted by atomic mass is 9.70. The zero-order valence-electron chi connectivity index (χ0n) is 14.1. The van der Waals surface area contributed by atoms with Crippen LogP contribution in [0.4, 0.5) is 0 Å². The van der Waals surface area contributed by atoms with Crippen LogP contribution in [0, 0.1) is 18.8 Å². The van der Waals surface area contributed by atoms with E-state index in [9.17, 15) is 0 Å². The highest BCUT2D eigenvalue weighted by atomic mass is 14.9. The summed E-state index contributed by atoms with van der Waals surface area (Å²) < 4.78 is 0. The molecule has 1 aromatic heterocycles. The van der Waals surface area contributed by atoms with E-state index in [0.717, 1.165) is 18.4 Å². The summed E-state index contributed by atoms with van der Waals surface area (Å²) in [7, 11) is 0. The molecule has 0 spiro atoms. The van der Waals surface area contributed by atoms with E-state index in [1.807, 2.05) is 6.20 Å². The van der Waals surface area contributed by atoms with Gasteiger partial charge in [0.2, 0.25) is 0 Å². The first-order valence-electron chi connectivity index (χ1n) is 8.86. The molecule has 2 heteroatoms. The maximum Gasteiger partial charge on any atom is 0.0303 e. The van der Waals surface area contributed by atoms with Gasteiger partial charge in [0.15, 0.2) is 0 Å². The molecule has 1 saturated carbocycles. The molecule has 0 aromatic carbocycles. The number of nitrogens with zero attached hydrogens (tertiary/aromatic N) is 1. The van der Waals surface area contributed by atoms with Crippen LogP contribution in [0.15, 0.2) is 18.5 Å². The Morgan fingerprint density at radius 2 is 2.05 bits per heavy atom. The van der Waals surface area contributed by atoms with E-state index in [1.165, 1.54) is 56.2 Å². The molecule has 0 amide bonds. The van der Waals surface area contributed by atoms with Crippen molar-refractivity contribution in [1.29, 1.82) is 0 Å². The number of aryl methyl sites for hydroxylation is 1. The summed E-state index contributed by atoms with van der Waals surface area (Å²) in [6, 6.07) is 2.36. The van der Waals surface area contributed by atoms with E-state index in [1.54, 1.807) is 0 Å². The molecule has 3 atom stereocenters. The van der Waals surface area contributed by atoms with Crippen molar-refractivity contribution < 1.29 is 0 Å². The first-order chi connectivity index (χ1) is 10.2. The standard InChI is InChI=1S/C19H32N2/c1-4-6-16-7-8-17(13-20-9-5-2)19(11-16)18-10-15(3)12-21-14-18/h10,12,14,16-17,19-20H,4-9,11,13H2,1-3H3. The van der Waals surface area contributed by atoms with Crippen LogP contribution < -0.4 is 5.32 Å². The third-order valence-electron chi connectivity index (χ3n) is 4.96. The number of pyridine rings is 1. The van der Waals surface area contributed by atoms with Gasteiger partial charge >= 0.3 is 0 Å². The van der Waals surface area contributed by atoms with Gasteiger partial charge in [-0.25, -0.2) is 0 Å². The maximum absolute atomic E-state index is 4.44. The molecule has 1 fully saturated rings. The van der Waals surface area contributed by atoms with E-state index < -0.39 is 0 Å². The Morgan fingerprint density at radius 3 is 2.76 bits per heavy atom. The molecular weight excluding hydrogens is 256 g/mol. The van der Waals surface area contributed by atoms with E-state index in [4.69, 9.17) is 0 Å². The van der Waals surface area contributed by atoms with Crippen LogP contribution in [0.25, 0.3) is 0 Å². The molecule has 21 heavy (non-hydrogen) atoms. The smallest absolute Gasteiger partial charge is 0.0303 e. The summed E-state index contributed by atoms with van der Waals surface area (Å²) in [5, 5.41) is 3.65. The molecule has 1 aromatic rings.